The van der Waals surface area contributed by atoms with Crippen LogP contribution in [0.5, 0.6) is 0 Å². The van der Waals surface area contributed by atoms with E-state index in [2.05, 4.69) is 24.9 Å². The molecule has 0 saturated carbocycles. The standard InChI is InChI=1S/C11H14N4O4.C10H13N5O4/c12-10-7-5(1-2-13-10)15(4-14-7)11-9(18)8(17)6(3-16)19-11;11-8-5-9(13-2-12-8)15(3-14-5)10-7(18)6(17)4(1-16)19-10/h1-2,4,6,8-9,11,16-18H,3H2,(H2,12,13);2-4,6-7,10,16-18H,1H2,(H2,11,12,13)/t6-,8-,9-,11-;4-,6-,7-,10-/m11/s1. The normalized spacial score (nSPS) is 31.1. The number of nitrogens with zero attached hydrogens (tertiary/aromatic N) is 7. The van der Waals surface area contributed by atoms with Crippen molar-refractivity contribution in [2.75, 3.05) is 24.7 Å². The largest absolute Gasteiger partial charge is 0.394 e. The highest BCUT2D eigenvalue weighted by Gasteiger charge is 2.44. The molecule has 0 unspecified atom stereocenters. The van der Waals surface area contributed by atoms with Gasteiger partial charge in [-0.05, 0) is 6.07 Å². The summed E-state index contributed by atoms with van der Waals surface area (Å²) in [4.78, 5) is 19.9. The highest BCUT2D eigenvalue weighted by molar-refractivity contribution is 5.84. The van der Waals surface area contributed by atoms with Crippen molar-refractivity contribution in [3.63, 3.8) is 0 Å². The monoisotopic (exact) mass is 533 g/mol. The van der Waals surface area contributed by atoms with Crippen molar-refractivity contribution in [3.8, 4) is 0 Å². The van der Waals surface area contributed by atoms with Crippen LogP contribution in [0.1, 0.15) is 12.5 Å². The van der Waals surface area contributed by atoms with Gasteiger partial charge in [0.25, 0.3) is 0 Å². The molecule has 17 heteroatoms. The third-order valence-corrected chi connectivity index (χ3v) is 6.49. The van der Waals surface area contributed by atoms with E-state index in [0.717, 1.165) is 0 Å². The molecule has 2 fully saturated rings. The van der Waals surface area contributed by atoms with E-state index in [0.29, 0.717) is 22.2 Å². The molecule has 4 aromatic rings. The van der Waals surface area contributed by atoms with Crippen LogP contribution in [-0.4, -0.2) is 115 Å². The molecule has 10 N–H and O–H groups in total. The minimum Gasteiger partial charge on any atom is -0.394 e. The Morgan fingerprint density at radius 3 is 1.87 bits per heavy atom. The number of pyridine rings is 1. The molecule has 6 rings (SSSR count). The summed E-state index contributed by atoms with van der Waals surface area (Å²) in [5, 5.41) is 57.5. The van der Waals surface area contributed by atoms with Gasteiger partial charge in [-0.25, -0.2) is 24.9 Å². The van der Waals surface area contributed by atoms with E-state index in [4.69, 9.17) is 31.2 Å². The number of anilines is 2. The first-order valence-electron chi connectivity index (χ1n) is 11.5. The Labute approximate surface area is 213 Å². The van der Waals surface area contributed by atoms with Crippen molar-refractivity contribution < 1.29 is 40.1 Å². The number of rotatable bonds is 4. The molecule has 8 atom stereocenters. The Morgan fingerprint density at radius 2 is 1.26 bits per heavy atom. The van der Waals surface area contributed by atoms with Crippen molar-refractivity contribution in [2.45, 2.75) is 49.1 Å². The van der Waals surface area contributed by atoms with Crippen molar-refractivity contribution in [2.24, 2.45) is 0 Å². The van der Waals surface area contributed by atoms with Crippen LogP contribution >= 0.6 is 0 Å². The van der Waals surface area contributed by atoms with Gasteiger partial charge in [-0.15, -0.1) is 0 Å². The van der Waals surface area contributed by atoms with E-state index < -0.39 is 55.7 Å². The molecule has 17 nitrogen and oxygen atoms in total. The Bertz CT molecular complexity index is 1310. The second-order valence-corrected chi connectivity index (χ2v) is 8.76. The number of nitrogen functional groups attached to an aromatic ring is 2. The molecule has 0 spiro atoms. The molecule has 204 valence electrons. The minimum absolute atomic E-state index is 0.218. The predicted molar refractivity (Wildman–Crippen MR) is 128 cm³/mol. The molecule has 0 aliphatic carbocycles. The molecule has 0 bridgehead atoms. The van der Waals surface area contributed by atoms with Crippen LogP contribution in [-0.2, 0) is 9.47 Å². The van der Waals surface area contributed by atoms with Gasteiger partial charge in [0.05, 0.1) is 31.4 Å². The SMILES string of the molecule is Nc1nccc2c1ncn2[C@@H]1O[C@H](CO)[C@@H](O)[C@H]1O.Nc1ncnc2c1ncn2[C@@H]1O[C@H](CO)[C@@H](O)[C@H]1O. The van der Waals surface area contributed by atoms with E-state index in [9.17, 15) is 20.4 Å². The molecule has 2 aliphatic heterocycles. The second-order valence-electron chi connectivity index (χ2n) is 8.76. The van der Waals surface area contributed by atoms with E-state index in [1.54, 1.807) is 10.6 Å². The Hall–Kier alpha value is -3.55. The zero-order valence-electron chi connectivity index (χ0n) is 19.7. The highest BCUT2D eigenvalue weighted by atomic mass is 16.6. The average molecular weight is 534 g/mol. The van der Waals surface area contributed by atoms with Crippen LogP contribution in [0.4, 0.5) is 11.6 Å². The summed E-state index contributed by atoms with van der Waals surface area (Å²) in [6, 6.07) is 1.69. The zero-order chi connectivity index (χ0) is 27.1. The van der Waals surface area contributed by atoms with Crippen LogP contribution in [0, 0.1) is 0 Å². The van der Waals surface area contributed by atoms with Gasteiger partial charge in [-0.2, -0.15) is 0 Å². The van der Waals surface area contributed by atoms with Crippen LogP contribution in [0.2, 0.25) is 0 Å². The molecule has 38 heavy (non-hydrogen) atoms. The van der Waals surface area contributed by atoms with Crippen molar-refractivity contribution in [1.82, 2.24) is 34.1 Å². The van der Waals surface area contributed by atoms with E-state index in [1.807, 2.05) is 0 Å². The third-order valence-electron chi connectivity index (χ3n) is 6.49. The van der Waals surface area contributed by atoms with Gasteiger partial charge in [-0.3, -0.25) is 4.57 Å². The first kappa shape index (κ1) is 26.1. The van der Waals surface area contributed by atoms with Crippen LogP contribution in [0.25, 0.3) is 22.2 Å². The molecular weight excluding hydrogens is 506 g/mol. The summed E-state index contributed by atoms with van der Waals surface area (Å²) in [6.07, 6.45) is -2.38. The van der Waals surface area contributed by atoms with Crippen LogP contribution in [0.15, 0.2) is 31.2 Å². The summed E-state index contributed by atoms with van der Waals surface area (Å²) in [7, 11) is 0. The molecule has 0 aromatic carbocycles. The zero-order valence-corrected chi connectivity index (χ0v) is 19.7. The lowest BCUT2D eigenvalue weighted by Gasteiger charge is -2.16. The van der Waals surface area contributed by atoms with Gasteiger partial charge >= 0.3 is 0 Å². The smallest absolute Gasteiger partial charge is 0.167 e. The first-order chi connectivity index (χ1) is 18.3. The van der Waals surface area contributed by atoms with Crippen LogP contribution < -0.4 is 11.5 Å². The predicted octanol–water partition coefficient (Wildman–Crippen LogP) is -3.35. The maximum absolute atomic E-state index is 9.98. The van der Waals surface area contributed by atoms with Gasteiger partial charge in [0.1, 0.15) is 54.0 Å². The number of hydrogen-bond donors (Lipinski definition) is 8. The fourth-order valence-corrected chi connectivity index (χ4v) is 4.46. The molecular formula is C21H27N9O8. The summed E-state index contributed by atoms with van der Waals surface area (Å²) in [5.41, 5.74) is 13.3. The van der Waals surface area contributed by atoms with Gasteiger partial charge in [-0.1, -0.05) is 0 Å². The minimum atomic E-state index is -1.19. The number of aliphatic hydroxyl groups is 6. The molecule has 6 heterocycles. The molecule has 4 aromatic heterocycles. The lowest BCUT2D eigenvalue weighted by Crippen LogP contribution is -2.33. The lowest BCUT2D eigenvalue weighted by atomic mass is 10.1. The molecule has 0 radical (unpaired) electrons. The van der Waals surface area contributed by atoms with E-state index >= 15 is 0 Å². The maximum Gasteiger partial charge on any atom is 0.167 e. The quantitative estimate of drug-likeness (QED) is 0.127. The van der Waals surface area contributed by atoms with Gasteiger partial charge in [0.2, 0.25) is 0 Å². The van der Waals surface area contributed by atoms with E-state index in [-0.39, 0.29) is 18.2 Å². The number of nitrogens with two attached hydrogens (primary N) is 2. The second kappa shape index (κ2) is 10.3. The topological polar surface area (TPSA) is 266 Å². The van der Waals surface area contributed by atoms with Crippen molar-refractivity contribution in [3.05, 3.63) is 31.2 Å². The Morgan fingerprint density at radius 1 is 0.711 bits per heavy atom. The third kappa shape index (κ3) is 4.29. The van der Waals surface area contributed by atoms with Crippen molar-refractivity contribution >= 4 is 33.8 Å². The molecule has 0 amide bonds. The highest BCUT2D eigenvalue weighted by Crippen LogP contribution is 2.33. The summed E-state index contributed by atoms with van der Waals surface area (Å²) >= 11 is 0. The van der Waals surface area contributed by atoms with Crippen molar-refractivity contribution in [1.29, 1.82) is 0 Å². The number of fused-ring (bicyclic) bond motifs is 2. The number of hydrogen-bond acceptors (Lipinski definition) is 15. The number of ether oxygens (including phenoxy) is 2. The molecule has 2 aliphatic rings. The van der Waals surface area contributed by atoms with Gasteiger partial charge < -0.3 is 56.1 Å². The Kier molecular flexibility index (Phi) is 7.07. The number of aliphatic hydroxyl groups excluding tert-OH is 6. The maximum atomic E-state index is 9.98. The fraction of sp³-hybridized carbons (Fsp3) is 0.476. The number of aromatic nitrogens is 7. The lowest BCUT2D eigenvalue weighted by molar-refractivity contribution is -0.0511. The number of imidazole rings is 2. The fourth-order valence-electron chi connectivity index (χ4n) is 4.46. The van der Waals surface area contributed by atoms with E-state index in [1.165, 1.54) is 29.7 Å². The van der Waals surface area contributed by atoms with Gasteiger partial charge in [0.15, 0.2) is 29.7 Å². The first-order valence-corrected chi connectivity index (χ1v) is 11.5. The Balaban J connectivity index is 0.000000155. The average Bonchev–Trinajstić information content (AvgIpc) is 3.67. The van der Waals surface area contributed by atoms with Crippen LogP contribution in [0.3, 0.4) is 0 Å². The molecule has 2 saturated heterocycles. The summed E-state index contributed by atoms with van der Waals surface area (Å²) < 4.78 is 13.9. The van der Waals surface area contributed by atoms with Gasteiger partial charge in [0, 0.05) is 6.20 Å². The summed E-state index contributed by atoms with van der Waals surface area (Å²) in [5.74, 6) is 0.499. The summed E-state index contributed by atoms with van der Waals surface area (Å²) in [6.45, 7) is -0.760.